The Kier molecular flexibility index (Phi) is 7.47. The Hall–Kier alpha value is -0.850. The van der Waals surface area contributed by atoms with E-state index in [1.807, 2.05) is 20.8 Å². The van der Waals surface area contributed by atoms with E-state index in [1.165, 1.54) is 0 Å². The third-order valence-electron chi connectivity index (χ3n) is 3.14. The van der Waals surface area contributed by atoms with Crippen molar-refractivity contribution in [3.05, 3.63) is 0 Å². The molecule has 0 spiro atoms. The number of carbonyl (C=O) groups is 2. The number of hydrogen-bond donors (Lipinski definition) is 3. The summed E-state index contributed by atoms with van der Waals surface area (Å²) in [4.78, 5) is 23.8. The van der Waals surface area contributed by atoms with Crippen LogP contribution in [-0.4, -0.2) is 49.7 Å². The van der Waals surface area contributed by atoms with Crippen LogP contribution in [0.1, 0.15) is 33.6 Å². The van der Waals surface area contributed by atoms with E-state index in [0.29, 0.717) is 12.8 Å². The van der Waals surface area contributed by atoms with E-state index < -0.39 is 5.60 Å². The van der Waals surface area contributed by atoms with Crippen LogP contribution in [0, 0.1) is 0 Å². The maximum atomic E-state index is 12.2. The molecule has 20 heavy (non-hydrogen) atoms. The Morgan fingerprint density at radius 1 is 1.25 bits per heavy atom. The summed E-state index contributed by atoms with van der Waals surface area (Å²) in [6, 6.07) is 0. The van der Waals surface area contributed by atoms with Gasteiger partial charge in [0.05, 0.1) is 6.54 Å². The summed E-state index contributed by atoms with van der Waals surface area (Å²) in [6.07, 6.45) is 1.24. The molecule has 0 unspecified atom stereocenters. The van der Waals surface area contributed by atoms with Crippen LogP contribution in [0.4, 0.5) is 0 Å². The van der Waals surface area contributed by atoms with Crippen molar-refractivity contribution in [2.75, 3.05) is 26.7 Å². The fourth-order valence-corrected chi connectivity index (χ4v) is 2.14. The van der Waals surface area contributed by atoms with Crippen LogP contribution in [0.5, 0.6) is 0 Å². The van der Waals surface area contributed by atoms with Crippen molar-refractivity contribution >= 4 is 24.2 Å². The molecule has 0 aliphatic carbocycles. The molecule has 0 radical (unpaired) electrons. The van der Waals surface area contributed by atoms with Crippen molar-refractivity contribution in [2.45, 2.75) is 44.8 Å². The van der Waals surface area contributed by atoms with Crippen LogP contribution in [0.25, 0.3) is 0 Å². The average molecular weight is 308 g/mol. The van der Waals surface area contributed by atoms with Crippen molar-refractivity contribution in [3.63, 3.8) is 0 Å². The summed E-state index contributed by atoms with van der Waals surface area (Å²) in [6.45, 7) is 7.17. The molecule has 1 aliphatic heterocycles. The lowest BCUT2D eigenvalue weighted by atomic mass is 9.91. The van der Waals surface area contributed by atoms with Gasteiger partial charge in [0.2, 0.25) is 5.91 Å². The van der Waals surface area contributed by atoms with Gasteiger partial charge in [-0.2, -0.15) is 0 Å². The van der Waals surface area contributed by atoms with Crippen LogP contribution in [-0.2, 0) is 14.3 Å². The van der Waals surface area contributed by atoms with Gasteiger partial charge in [-0.25, -0.2) is 0 Å². The molecule has 0 atom stereocenters. The smallest absolute Gasteiger partial charge is 0.252 e. The number of halogens is 1. The third kappa shape index (κ3) is 5.64. The number of carbonyl (C=O) groups excluding carboxylic acids is 2. The first kappa shape index (κ1) is 19.1. The second kappa shape index (κ2) is 7.81. The largest absolute Gasteiger partial charge is 0.368 e. The Morgan fingerprint density at radius 2 is 1.80 bits per heavy atom. The van der Waals surface area contributed by atoms with Gasteiger partial charge in [0.25, 0.3) is 5.91 Å². The Balaban J connectivity index is 0.00000361. The quantitative estimate of drug-likeness (QED) is 0.693. The van der Waals surface area contributed by atoms with Gasteiger partial charge in [0, 0.05) is 12.6 Å². The van der Waals surface area contributed by atoms with E-state index in [9.17, 15) is 9.59 Å². The molecule has 0 aromatic carbocycles. The minimum Gasteiger partial charge on any atom is -0.368 e. The second-order valence-corrected chi connectivity index (χ2v) is 5.93. The zero-order valence-corrected chi connectivity index (χ0v) is 13.5. The number of rotatable bonds is 4. The number of nitrogens with one attached hydrogen (secondary N) is 3. The van der Waals surface area contributed by atoms with Gasteiger partial charge < -0.3 is 20.7 Å². The van der Waals surface area contributed by atoms with Crippen molar-refractivity contribution in [1.82, 2.24) is 16.0 Å². The van der Waals surface area contributed by atoms with E-state index >= 15 is 0 Å². The van der Waals surface area contributed by atoms with Gasteiger partial charge in [0.15, 0.2) is 0 Å². The second-order valence-electron chi connectivity index (χ2n) is 5.93. The van der Waals surface area contributed by atoms with Crippen LogP contribution in [0.3, 0.4) is 0 Å². The Labute approximate surface area is 126 Å². The molecule has 1 aliphatic rings. The molecule has 0 bridgehead atoms. The lowest BCUT2D eigenvalue weighted by molar-refractivity contribution is -0.147. The minimum atomic E-state index is -0.798. The fraction of sp³-hybridized carbons (Fsp3) is 0.846. The highest BCUT2D eigenvalue weighted by molar-refractivity contribution is 5.89. The topological polar surface area (TPSA) is 79.5 Å². The highest BCUT2D eigenvalue weighted by atomic mass is 35.5. The monoisotopic (exact) mass is 307 g/mol. The molecule has 6 nitrogen and oxygen atoms in total. The standard InChI is InChI=1S/C13H25N3O3.ClH/c1-12(2,3)16-10(17)9-15-11(18)13(19-4)5-7-14-8-6-13;/h14H,5-9H2,1-4H3,(H,15,18)(H,16,17);1H. The molecule has 0 saturated carbocycles. The SMILES string of the molecule is COC1(C(=O)NCC(=O)NC(C)(C)C)CCNCC1.Cl. The summed E-state index contributed by atoms with van der Waals surface area (Å²) in [7, 11) is 1.54. The summed E-state index contributed by atoms with van der Waals surface area (Å²) in [5.41, 5.74) is -1.09. The number of ether oxygens (including phenoxy) is 1. The molecular formula is C13H26ClN3O3. The first-order valence-electron chi connectivity index (χ1n) is 6.64. The molecule has 1 rings (SSSR count). The number of piperidine rings is 1. The highest BCUT2D eigenvalue weighted by Gasteiger charge is 2.39. The normalized spacial score (nSPS) is 17.8. The first-order valence-corrected chi connectivity index (χ1v) is 6.64. The van der Waals surface area contributed by atoms with Crippen molar-refractivity contribution < 1.29 is 14.3 Å². The van der Waals surface area contributed by atoms with E-state index in [2.05, 4.69) is 16.0 Å². The van der Waals surface area contributed by atoms with Gasteiger partial charge in [-0.05, 0) is 46.7 Å². The van der Waals surface area contributed by atoms with Gasteiger partial charge in [-0.1, -0.05) is 0 Å². The lowest BCUT2D eigenvalue weighted by Gasteiger charge is -2.34. The van der Waals surface area contributed by atoms with Gasteiger partial charge in [-0.15, -0.1) is 12.4 Å². The van der Waals surface area contributed by atoms with E-state index in [-0.39, 0.29) is 36.3 Å². The van der Waals surface area contributed by atoms with Crippen molar-refractivity contribution in [1.29, 1.82) is 0 Å². The Morgan fingerprint density at radius 3 is 2.25 bits per heavy atom. The molecule has 7 heteroatoms. The van der Waals surface area contributed by atoms with Gasteiger partial charge in [-0.3, -0.25) is 9.59 Å². The third-order valence-corrected chi connectivity index (χ3v) is 3.14. The van der Waals surface area contributed by atoms with E-state index in [0.717, 1.165) is 13.1 Å². The van der Waals surface area contributed by atoms with Crippen molar-refractivity contribution in [3.8, 4) is 0 Å². The molecule has 1 saturated heterocycles. The molecule has 0 aromatic heterocycles. The summed E-state index contributed by atoms with van der Waals surface area (Å²) in [5, 5.41) is 8.65. The molecule has 3 N–H and O–H groups in total. The van der Waals surface area contributed by atoms with Crippen molar-refractivity contribution in [2.24, 2.45) is 0 Å². The first-order chi connectivity index (χ1) is 8.79. The number of methoxy groups -OCH3 is 1. The van der Waals surface area contributed by atoms with Gasteiger partial charge >= 0.3 is 0 Å². The molecular weight excluding hydrogens is 282 g/mol. The van der Waals surface area contributed by atoms with Crippen LogP contribution >= 0.6 is 12.4 Å². The zero-order valence-electron chi connectivity index (χ0n) is 12.7. The number of amides is 2. The molecule has 1 heterocycles. The zero-order chi connectivity index (χ0) is 14.5. The average Bonchev–Trinajstić information content (AvgIpc) is 2.34. The van der Waals surface area contributed by atoms with E-state index in [1.54, 1.807) is 7.11 Å². The molecule has 0 aromatic rings. The Bertz CT molecular complexity index is 336. The predicted molar refractivity (Wildman–Crippen MR) is 80.0 cm³/mol. The highest BCUT2D eigenvalue weighted by Crippen LogP contribution is 2.22. The molecule has 1 fully saturated rings. The predicted octanol–water partition coefficient (Wildman–Crippen LogP) is 0.208. The number of hydrogen-bond acceptors (Lipinski definition) is 4. The van der Waals surface area contributed by atoms with Gasteiger partial charge in [0.1, 0.15) is 5.60 Å². The maximum absolute atomic E-state index is 12.2. The van der Waals surface area contributed by atoms with Crippen LogP contribution in [0.15, 0.2) is 0 Å². The van der Waals surface area contributed by atoms with Crippen LogP contribution < -0.4 is 16.0 Å². The summed E-state index contributed by atoms with van der Waals surface area (Å²) >= 11 is 0. The van der Waals surface area contributed by atoms with E-state index in [4.69, 9.17) is 4.74 Å². The molecule has 2 amide bonds. The lowest BCUT2D eigenvalue weighted by Crippen LogP contribution is -2.56. The summed E-state index contributed by atoms with van der Waals surface area (Å²) < 4.78 is 5.39. The maximum Gasteiger partial charge on any atom is 0.252 e. The molecule has 118 valence electrons. The summed E-state index contributed by atoms with van der Waals surface area (Å²) in [5.74, 6) is -0.401. The minimum absolute atomic E-state index is 0. The fourth-order valence-electron chi connectivity index (χ4n) is 2.14. The van der Waals surface area contributed by atoms with Crippen LogP contribution in [0.2, 0.25) is 0 Å².